The van der Waals surface area contributed by atoms with Crippen LogP contribution in [0.15, 0.2) is 36.2 Å². The highest BCUT2D eigenvalue weighted by molar-refractivity contribution is 6.30. The van der Waals surface area contributed by atoms with Gasteiger partial charge in [-0.25, -0.2) is 4.79 Å². The lowest BCUT2D eigenvalue weighted by Crippen LogP contribution is -2.22. The number of benzene rings is 1. The zero-order valence-corrected chi connectivity index (χ0v) is 16.3. The molecular weight excluding hydrogens is 410 g/mol. The zero-order valence-electron chi connectivity index (χ0n) is 15.6. The topological polar surface area (TPSA) is 123 Å². The van der Waals surface area contributed by atoms with Crippen LogP contribution in [0.3, 0.4) is 0 Å². The smallest absolute Gasteiger partial charge is 0.326 e. The summed E-state index contributed by atoms with van der Waals surface area (Å²) < 4.78 is 7.35. The first-order valence-corrected chi connectivity index (χ1v) is 9.66. The zero-order chi connectivity index (χ0) is 20.7. The van der Waals surface area contributed by atoms with Crippen LogP contribution >= 0.6 is 11.6 Å². The quantitative estimate of drug-likeness (QED) is 0.408. The third-order valence-electron chi connectivity index (χ3n) is 4.59. The second-order valence-electron chi connectivity index (χ2n) is 6.97. The van der Waals surface area contributed by atoms with E-state index >= 15 is 0 Å². The standard InChI is InChI=1S/C19H16ClN7O3/c20-12-3-1-10(2-4-12)9-30-19-24-15-11(7-14-16(28)25-18(29)23-14)8-21-27(15)17(26-19)22-13-5-6-13/h1-4,7-8,13H,5-6,9H2,(H,22,24,26)(H2,23,25,28,29)/b14-7-. The Morgan fingerprint density at radius 2 is 2.00 bits per heavy atom. The monoisotopic (exact) mass is 425 g/mol. The number of urea groups is 1. The molecule has 30 heavy (non-hydrogen) atoms. The molecule has 1 aliphatic heterocycles. The van der Waals surface area contributed by atoms with Crippen molar-refractivity contribution in [2.45, 2.75) is 25.5 Å². The molecule has 0 unspecified atom stereocenters. The summed E-state index contributed by atoms with van der Waals surface area (Å²) in [6.07, 6.45) is 5.17. The highest BCUT2D eigenvalue weighted by Crippen LogP contribution is 2.26. The first kappa shape index (κ1) is 18.4. The highest BCUT2D eigenvalue weighted by Gasteiger charge is 2.26. The van der Waals surface area contributed by atoms with Gasteiger partial charge in [0.25, 0.3) is 5.91 Å². The molecule has 2 aliphatic rings. The molecule has 1 aromatic carbocycles. The number of imide groups is 1. The molecular formula is C19H16ClN7O3. The van der Waals surface area contributed by atoms with Crippen LogP contribution in [-0.4, -0.2) is 37.6 Å². The van der Waals surface area contributed by atoms with Crippen molar-refractivity contribution < 1.29 is 14.3 Å². The molecule has 0 spiro atoms. The molecule has 1 saturated carbocycles. The number of ether oxygens (including phenoxy) is 1. The summed E-state index contributed by atoms with van der Waals surface area (Å²) >= 11 is 5.92. The molecule has 0 radical (unpaired) electrons. The summed E-state index contributed by atoms with van der Waals surface area (Å²) in [5.41, 5.74) is 2.02. The van der Waals surface area contributed by atoms with Gasteiger partial charge in [-0.15, -0.1) is 0 Å². The molecule has 10 nitrogen and oxygen atoms in total. The van der Waals surface area contributed by atoms with Crippen LogP contribution in [0.4, 0.5) is 10.7 Å². The van der Waals surface area contributed by atoms with E-state index in [4.69, 9.17) is 16.3 Å². The predicted octanol–water partition coefficient (Wildman–Crippen LogP) is 2.11. The normalized spacial score (nSPS) is 17.3. The SMILES string of the molecule is O=C1NC(=O)/C(=C/c2cnn3c(NC4CC4)nc(OCc4ccc(Cl)cc4)nc23)N1. The largest absolute Gasteiger partial charge is 0.458 e. The van der Waals surface area contributed by atoms with Gasteiger partial charge in [-0.2, -0.15) is 19.6 Å². The van der Waals surface area contributed by atoms with Crippen molar-refractivity contribution >= 4 is 41.2 Å². The third kappa shape index (κ3) is 3.77. The van der Waals surface area contributed by atoms with Crippen LogP contribution in [0.5, 0.6) is 6.01 Å². The Morgan fingerprint density at radius 3 is 2.70 bits per heavy atom. The Hall–Kier alpha value is -3.66. The number of amides is 3. The molecule has 3 heterocycles. The molecule has 2 fully saturated rings. The van der Waals surface area contributed by atoms with E-state index in [1.54, 1.807) is 22.8 Å². The molecule has 0 bridgehead atoms. The van der Waals surface area contributed by atoms with Crippen molar-refractivity contribution in [1.82, 2.24) is 30.2 Å². The van der Waals surface area contributed by atoms with Gasteiger partial charge in [0.15, 0.2) is 5.65 Å². The summed E-state index contributed by atoms with van der Waals surface area (Å²) in [4.78, 5) is 32.1. The number of fused-ring (bicyclic) bond motifs is 1. The van der Waals surface area contributed by atoms with Crippen molar-refractivity contribution in [1.29, 1.82) is 0 Å². The van der Waals surface area contributed by atoms with Crippen LogP contribution in [-0.2, 0) is 11.4 Å². The minimum Gasteiger partial charge on any atom is -0.458 e. The minimum atomic E-state index is -0.569. The van der Waals surface area contributed by atoms with E-state index in [0.29, 0.717) is 28.2 Å². The molecule has 3 aromatic rings. The van der Waals surface area contributed by atoms with Crippen molar-refractivity contribution in [3.05, 3.63) is 52.3 Å². The second-order valence-corrected chi connectivity index (χ2v) is 7.40. The lowest BCUT2D eigenvalue weighted by atomic mass is 10.2. The fraction of sp³-hybridized carbons (Fsp3) is 0.211. The minimum absolute atomic E-state index is 0.119. The van der Waals surface area contributed by atoms with E-state index < -0.39 is 11.9 Å². The summed E-state index contributed by atoms with van der Waals surface area (Å²) in [5, 5.41) is 12.9. The van der Waals surface area contributed by atoms with E-state index in [9.17, 15) is 9.59 Å². The van der Waals surface area contributed by atoms with Gasteiger partial charge in [-0.3, -0.25) is 10.1 Å². The maximum Gasteiger partial charge on any atom is 0.326 e. The maximum absolute atomic E-state index is 11.8. The number of nitrogens with zero attached hydrogens (tertiary/aromatic N) is 4. The lowest BCUT2D eigenvalue weighted by molar-refractivity contribution is -0.115. The number of nitrogens with one attached hydrogen (secondary N) is 3. The summed E-state index contributed by atoms with van der Waals surface area (Å²) in [6, 6.07) is 7.22. The lowest BCUT2D eigenvalue weighted by Gasteiger charge is -2.10. The maximum atomic E-state index is 11.8. The van der Waals surface area contributed by atoms with Crippen LogP contribution in [0.2, 0.25) is 5.02 Å². The van der Waals surface area contributed by atoms with Gasteiger partial charge in [0.1, 0.15) is 12.3 Å². The van der Waals surface area contributed by atoms with Crippen molar-refractivity contribution in [3.63, 3.8) is 0 Å². The third-order valence-corrected chi connectivity index (χ3v) is 4.84. The fourth-order valence-electron chi connectivity index (χ4n) is 2.91. The second kappa shape index (κ2) is 7.30. The van der Waals surface area contributed by atoms with Crippen LogP contribution in [0.25, 0.3) is 11.7 Å². The number of halogens is 1. The number of aromatic nitrogens is 4. The van der Waals surface area contributed by atoms with E-state index in [2.05, 4.69) is 31.0 Å². The number of carbonyl (C=O) groups excluding carboxylic acids is 2. The van der Waals surface area contributed by atoms with Crippen LogP contribution in [0, 0.1) is 0 Å². The Bertz CT molecular complexity index is 1180. The average molecular weight is 426 g/mol. The summed E-state index contributed by atoms with van der Waals surface area (Å²) in [7, 11) is 0. The van der Waals surface area contributed by atoms with Crippen molar-refractivity contribution in [2.75, 3.05) is 5.32 Å². The van der Waals surface area contributed by atoms with E-state index in [-0.39, 0.29) is 18.3 Å². The van der Waals surface area contributed by atoms with Gasteiger partial charge in [0.2, 0.25) is 5.95 Å². The summed E-state index contributed by atoms with van der Waals surface area (Å²) in [6.45, 7) is 0.263. The highest BCUT2D eigenvalue weighted by atomic mass is 35.5. The van der Waals surface area contributed by atoms with Crippen LogP contribution < -0.4 is 20.7 Å². The molecule has 3 N–H and O–H groups in total. The molecule has 0 atom stereocenters. The van der Waals surface area contributed by atoms with Gasteiger partial charge < -0.3 is 15.4 Å². The predicted molar refractivity (Wildman–Crippen MR) is 108 cm³/mol. The van der Waals surface area contributed by atoms with Gasteiger partial charge in [0, 0.05) is 16.6 Å². The molecule has 3 amide bonds. The number of rotatable bonds is 6. The molecule has 5 rings (SSSR count). The Morgan fingerprint density at radius 1 is 1.20 bits per heavy atom. The molecule has 1 saturated heterocycles. The Balaban J connectivity index is 1.49. The molecule has 2 aromatic heterocycles. The molecule has 1 aliphatic carbocycles. The first-order chi connectivity index (χ1) is 14.5. The number of hydrogen-bond donors (Lipinski definition) is 3. The van der Waals surface area contributed by atoms with Crippen LogP contribution in [0.1, 0.15) is 24.0 Å². The Kier molecular flexibility index (Phi) is 4.47. The van der Waals surface area contributed by atoms with Gasteiger partial charge in [-0.05, 0) is 36.6 Å². The number of anilines is 1. The fourth-order valence-corrected chi connectivity index (χ4v) is 3.04. The number of hydrogen-bond acceptors (Lipinski definition) is 7. The average Bonchev–Trinajstić information content (AvgIpc) is 3.36. The van der Waals surface area contributed by atoms with Gasteiger partial charge in [0.05, 0.1) is 6.20 Å². The van der Waals surface area contributed by atoms with Crippen molar-refractivity contribution in [3.8, 4) is 6.01 Å². The van der Waals surface area contributed by atoms with E-state index in [1.807, 2.05) is 12.1 Å². The van der Waals surface area contributed by atoms with E-state index in [1.165, 1.54) is 6.08 Å². The summed E-state index contributed by atoms with van der Waals surface area (Å²) in [5.74, 6) is -0.0119. The Labute approximate surface area is 175 Å². The van der Waals surface area contributed by atoms with Gasteiger partial charge >= 0.3 is 12.0 Å². The van der Waals surface area contributed by atoms with Gasteiger partial charge in [-0.1, -0.05) is 23.7 Å². The van der Waals surface area contributed by atoms with Crippen molar-refractivity contribution in [2.24, 2.45) is 0 Å². The first-order valence-electron chi connectivity index (χ1n) is 9.29. The van der Waals surface area contributed by atoms with E-state index in [0.717, 1.165) is 18.4 Å². The molecule has 11 heteroatoms. The number of carbonyl (C=O) groups is 2. The molecule has 152 valence electrons.